The molecule has 3 rings (SSSR count). The largest absolute Gasteiger partial charge is 0.494 e. The summed E-state index contributed by atoms with van der Waals surface area (Å²) in [7, 11) is 2.90. The van der Waals surface area contributed by atoms with E-state index in [4.69, 9.17) is 9.47 Å². The molecule has 0 unspecified atom stereocenters. The summed E-state index contributed by atoms with van der Waals surface area (Å²) < 4.78 is 24.0. The molecule has 0 fully saturated rings. The molecule has 3 aromatic rings. The average molecular weight is 420 g/mol. The van der Waals surface area contributed by atoms with Crippen molar-refractivity contribution in [3.05, 3.63) is 89.8 Å². The van der Waals surface area contributed by atoms with Gasteiger partial charge in [0.25, 0.3) is 5.91 Å². The molecule has 2 amide bonds. The third-order valence-corrected chi connectivity index (χ3v) is 4.34. The molecule has 3 aromatic carbocycles. The smallest absolute Gasteiger partial charge is 0.255 e. The molecular weight excluding hydrogens is 399 g/mol. The van der Waals surface area contributed by atoms with Gasteiger partial charge >= 0.3 is 0 Å². The number of methoxy groups -OCH3 is 2. The van der Waals surface area contributed by atoms with Crippen LogP contribution in [-0.4, -0.2) is 26.0 Å². The Bertz CT molecular complexity index is 1110. The lowest BCUT2D eigenvalue weighted by Crippen LogP contribution is -2.14. The Morgan fingerprint density at radius 2 is 1.48 bits per heavy atom. The predicted molar refractivity (Wildman–Crippen MR) is 118 cm³/mol. The van der Waals surface area contributed by atoms with Gasteiger partial charge in [0.05, 0.1) is 25.6 Å². The highest BCUT2D eigenvalue weighted by Gasteiger charge is 2.15. The Kier molecular flexibility index (Phi) is 7.01. The number of hydrogen-bond acceptors (Lipinski definition) is 4. The third kappa shape index (κ3) is 5.70. The minimum Gasteiger partial charge on any atom is -0.494 e. The second-order valence-electron chi connectivity index (χ2n) is 6.45. The highest BCUT2D eigenvalue weighted by Crippen LogP contribution is 2.36. The molecule has 0 bridgehead atoms. The van der Waals surface area contributed by atoms with Crippen LogP contribution < -0.4 is 20.1 Å². The Morgan fingerprint density at radius 3 is 2.10 bits per heavy atom. The molecule has 0 radical (unpaired) electrons. The van der Waals surface area contributed by atoms with E-state index in [2.05, 4.69) is 10.6 Å². The number of nitrogens with one attached hydrogen (secondary N) is 2. The molecule has 0 saturated heterocycles. The van der Waals surface area contributed by atoms with Crippen molar-refractivity contribution in [1.29, 1.82) is 0 Å². The maximum atomic E-state index is 13.3. The van der Waals surface area contributed by atoms with Gasteiger partial charge in [0, 0.05) is 23.8 Å². The highest BCUT2D eigenvalue weighted by molar-refractivity contribution is 6.06. The van der Waals surface area contributed by atoms with E-state index >= 15 is 0 Å². The lowest BCUT2D eigenvalue weighted by atomic mass is 10.2. The van der Waals surface area contributed by atoms with Gasteiger partial charge in [-0.25, -0.2) is 4.39 Å². The second kappa shape index (κ2) is 10.1. The van der Waals surface area contributed by atoms with E-state index in [1.807, 2.05) is 6.07 Å². The minimum absolute atomic E-state index is 0.309. The number of carbonyl (C=O) groups is 2. The zero-order chi connectivity index (χ0) is 22.2. The fourth-order valence-corrected chi connectivity index (χ4v) is 2.83. The molecule has 0 aromatic heterocycles. The van der Waals surface area contributed by atoms with Crippen LogP contribution in [0.4, 0.5) is 15.8 Å². The van der Waals surface area contributed by atoms with Gasteiger partial charge in [-0.3, -0.25) is 9.59 Å². The number of amides is 2. The molecule has 7 heteroatoms. The van der Waals surface area contributed by atoms with Crippen LogP contribution >= 0.6 is 0 Å². The predicted octanol–water partition coefficient (Wildman–Crippen LogP) is 4.75. The molecule has 0 aliphatic rings. The van der Waals surface area contributed by atoms with Crippen LogP contribution in [-0.2, 0) is 4.79 Å². The molecule has 2 N–H and O–H groups in total. The topological polar surface area (TPSA) is 76.7 Å². The standard InChI is InChI=1S/C24H21FN2O4/c1-30-21-15-20(27-24(29)17-8-4-3-5-9-17)22(31-2)14-19(21)26-23(28)12-11-16-7-6-10-18(25)13-16/h3-15H,1-2H3,(H,26,28)(H,27,29)/b12-11+. The quantitative estimate of drug-likeness (QED) is 0.541. The van der Waals surface area contributed by atoms with Gasteiger partial charge in [0.2, 0.25) is 5.91 Å². The third-order valence-electron chi connectivity index (χ3n) is 4.34. The first kappa shape index (κ1) is 21.6. The van der Waals surface area contributed by atoms with Crippen LogP contribution in [0.15, 0.2) is 72.8 Å². The first-order valence-corrected chi connectivity index (χ1v) is 9.37. The number of ether oxygens (including phenoxy) is 2. The SMILES string of the molecule is COc1cc(NC(=O)c2ccccc2)c(OC)cc1NC(=O)/C=C/c1cccc(F)c1. The fraction of sp³-hybridized carbons (Fsp3) is 0.0833. The summed E-state index contributed by atoms with van der Waals surface area (Å²) in [4.78, 5) is 24.8. The van der Waals surface area contributed by atoms with Gasteiger partial charge in [0.15, 0.2) is 0 Å². The van der Waals surface area contributed by atoms with Crippen molar-refractivity contribution in [1.82, 2.24) is 0 Å². The van der Waals surface area contributed by atoms with Gasteiger partial charge < -0.3 is 20.1 Å². The molecule has 158 valence electrons. The van der Waals surface area contributed by atoms with Crippen LogP contribution in [0.2, 0.25) is 0 Å². The second-order valence-corrected chi connectivity index (χ2v) is 6.45. The highest BCUT2D eigenvalue weighted by atomic mass is 19.1. The summed E-state index contributed by atoms with van der Waals surface area (Å²) in [6.07, 6.45) is 2.78. The Hall–Kier alpha value is -4.13. The van der Waals surface area contributed by atoms with Gasteiger partial charge in [0.1, 0.15) is 17.3 Å². The molecule has 0 aliphatic carbocycles. The van der Waals surface area contributed by atoms with E-state index in [1.54, 1.807) is 48.5 Å². The summed E-state index contributed by atoms with van der Waals surface area (Å²) in [5, 5.41) is 5.47. The summed E-state index contributed by atoms with van der Waals surface area (Å²) in [6, 6.07) is 17.7. The number of hydrogen-bond donors (Lipinski definition) is 2. The van der Waals surface area contributed by atoms with Gasteiger partial charge in [-0.05, 0) is 35.9 Å². The van der Waals surface area contributed by atoms with E-state index in [-0.39, 0.29) is 11.7 Å². The van der Waals surface area contributed by atoms with Crippen molar-refractivity contribution in [3.8, 4) is 11.5 Å². The molecule has 6 nitrogen and oxygen atoms in total. The first-order chi connectivity index (χ1) is 15.0. The summed E-state index contributed by atoms with van der Waals surface area (Å²) in [6.45, 7) is 0. The van der Waals surface area contributed by atoms with E-state index < -0.39 is 5.91 Å². The van der Waals surface area contributed by atoms with Crippen molar-refractivity contribution in [3.63, 3.8) is 0 Å². The van der Waals surface area contributed by atoms with Gasteiger partial charge in [-0.15, -0.1) is 0 Å². The number of benzene rings is 3. The van der Waals surface area contributed by atoms with E-state index in [0.29, 0.717) is 34.0 Å². The van der Waals surface area contributed by atoms with Crippen molar-refractivity contribution >= 4 is 29.3 Å². The summed E-state index contributed by atoms with van der Waals surface area (Å²) >= 11 is 0. The molecule has 0 atom stereocenters. The van der Waals surface area contributed by atoms with Crippen LogP contribution in [0.3, 0.4) is 0 Å². The maximum Gasteiger partial charge on any atom is 0.255 e. The number of carbonyl (C=O) groups excluding carboxylic acids is 2. The van der Waals surface area contributed by atoms with Crippen LogP contribution in [0, 0.1) is 5.82 Å². The Labute approximate surface area is 179 Å². The normalized spacial score (nSPS) is 10.5. The van der Waals surface area contributed by atoms with E-state index in [9.17, 15) is 14.0 Å². The van der Waals surface area contributed by atoms with Crippen molar-refractivity contribution < 1.29 is 23.5 Å². The van der Waals surface area contributed by atoms with E-state index in [1.165, 1.54) is 38.5 Å². The molecule has 0 heterocycles. The molecular formula is C24H21FN2O4. The van der Waals surface area contributed by atoms with Crippen LogP contribution in [0.1, 0.15) is 15.9 Å². The van der Waals surface area contributed by atoms with Crippen molar-refractivity contribution in [2.45, 2.75) is 0 Å². The summed E-state index contributed by atoms with van der Waals surface area (Å²) in [5.41, 5.74) is 1.79. The Morgan fingerprint density at radius 1 is 0.839 bits per heavy atom. The minimum atomic E-state index is -0.439. The molecule has 0 aliphatic heterocycles. The lowest BCUT2D eigenvalue weighted by molar-refractivity contribution is -0.111. The zero-order valence-electron chi connectivity index (χ0n) is 17.0. The van der Waals surface area contributed by atoms with Gasteiger partial charge in [-0.1, -0.05) is 30.3 Å². The van der Waals surface area contributed by atoms with Crippen LogP contribution in [0.25, 0.3) is 6.08 Å². The van der Waals surface area contributed by atoms with Crippen LogP contribution in [0.5, 0.6) is 11.5 Å². The lowest BCUT2D eigenvalue weighted by Gasteiger charge is -2.16. The molecule has 0 spiro atoms. The summed E-state index contributed by atoms with van der Waals surface area (Å²) in [5.74, 6) is -0.463. The van der Waals surface area contributed by atoms with E-state index in [0.717, 1.165) is 0 Å². The number of rotatable bonds is 7. The maximum absolute atomic E-state index is 13.3. The fourth-order valence-electron chi connectivity index (χ4n) is 2.83. The molecule has 0 saturated carbocycles. The van der Waals surface area contributed by atoms with Crippen molar-refractivity contribution in [2.24, 2.45) is 0 Å². The Balaban J connectivity index is 1.79. The average Bonchev–Trinajstić information content (AvgIpc) is 2.79. The molecule has 31 heavy (non-hydrogen) atoms. The number of anilines is 2. The first-order valence-electron chi connectivity index (χ1n) is 9.37. The van der Waals surface area contributed by atoms with Crippen molar-refractivity contribution in [2.75, 3.05) is 24.9 Å². The monoisotopic (exact) mass is 420 g/mol. The van der Waals surface area contributed by atoms with Gasteiger partial charge in [-0.2, -0.15) is 0 Å². The zero-order valence-corrected chi connectivity index (χ0v) is 17.0. The number of halogens is 1.